The first-order valence-electron chi connectivity index (χ1n) is 8.99. The maximum Gasteiger partial charge on any atom is 0.213 e. The molecule has 1 aliphatic rings. The summed E-state index contributed by atoms with van der Waals surface area (Å²) in [6.45, 7) is 7.45. The molecule has 148 valence electrons. The summed E-state index contributed by atoms with van der Waals surface area (Å²) in [4.78, 5) is 8.93. The van der Waals surface area contributed by atoms with Crippen molar-refractivity contribution in [2.24, 2.45) is 10.9 Å². The van der Waals surface area contributed by atoms with Gasteiger partial charge in [0.2, 0.25) is 5.88 Å². The van der Waals surface area contributed by atoms with Crippen molar-refractivity contribution in [3.63, 3.8) is 0 Å². The van der Waals surface area contributed by atoms with Crippen LogP contribution >= 0.6 is 24.0 Å². The van der Waals surface area contributed by atoms with Crippen LogP contribution in [0.3, 0.4) is 0 Å². The van der Waals surface area contributed by atoms with Crippen molar-refractivity contribution >= 4 is 29.9 Å². The zero-order valence-electron chi connectivity index (χ0n) is 15.7. The first-order valence-corrected chi connectivity index (χ1v) is 8.99. The zero-order chi connectivity index (χ0) is 17.7. The average molecular weight is 478 g/mol. The number of pyridine rings is 1. The third-order valence-corrected chi connectivity index (χ3v) is 3.87. The fourth-order valence-corrected chi connectivity index (χ4v) is 2.51. The standard InChI is InChI=1S/C18H30N4O3.HI/c1-3-19-18(21-12-16-6-4-7-17(22-16)23-2)20-9-5-10-24-13-15-8-11-25-14-15;/h4,6-7,15H,3,5,8-14H2,1-2H3,(H2,19,20,21);1H. The van der Waals surface area contributed by atoms with E-state index in [0.29, 0.717) is 18.3 Å². The number of nitrogens with zero attached hydrogens (tertiary/aromatic N) is 2. The summed E-state index contributed by atoms with van der Waals surface area (Å²) in [6, 6.07) is 5.69. The van der Waals surface area contributed by atoms with Gasteiger partial charge in [0.1, 0.15) is 0 Å². The van der Waals surface area contributed by atoms with Gasteiger partial charge in [0, 0.05) is 38.3 Å². The zero-order valence-corrected chi connectivity index (χ0v) is 18.0. The molecular formula is C18H31IN4O3. The van der Waals surface area contributed by atoms with Crippen LogP contribution in [0.2, 0.25) is 0 Å². The second kappa shape index (κ2) is 14.0. The first-order chi connectivity index (χ1) is 12.3. The molecule has 2 heterocycles. The molecule has 0 radical (unpaired) electrons. The second-order valence-corrected chi connectivity index (χ2v) is 5.95. The molecule has 2 N–H and O–H groups in total. The smallest absolute Gasteiger partial charge is 0.213 e. The van der Waals surface area contributed by atoms with Crippen LogP contribution in [0.15, 0.2) is 23.2 Å². The molecule has 2 rings (SSSR count). The van der Waals surface area contributed by atoms with Gasteiger partial charge in [-0.15, -0.1) is 24.0 Å². The van der Waals surface area contributed by atoms with E-state index in [9.17, 15) is 0 Å². The van der Waals surface area contributed by atoms with Gasteiger partial charge in [0.05, 0.1) is 32.6 Å². The Bertz CT molecular complexity index is 525. The summed E-state index contributed by atoms with van der Waals surface area (Å²) < 4.78 is 16.2. The highest BCUT2D eigenvalue weighted by molar-refractivity contribution is 14.0. The molecule has 1 aromatic rings. The molecule has 0 amide bonds. The Labute approximate surface area is 173 Å². The molecule has 0 aliphatic carbocycles. The highest BCUT2D eigenvalue weighted by Crippen LogP contribution is 2.12. The summed E-state index contributed by atoms with van der Waals surface area (Å²) in [6.07, 6.45) is 2.06. The predicted octanol–water partition coefficient (Wildman–Crippen LogP) is 2.21. The highest BCUT2D eigenvalue weighted by Gasteiger charge is 2.15. The van der Waals surface area contributed by atoms with Crippen LogP contribution in [0.5, 0.6) is 5.88 Å². The van der Waals surface area contributed by atoms with E-state index in [-0.39, 0.29) is 24.0 Å². The molecule has 1 atom stereocenters. The molecule has 26 heavy (non-hydrogen) atoms. The molecule has 1 aromatic heterocycles. The monoisotopic (exact) mass is 478 g/mol. The third kappa shape index (κ3) is 9.00. The van der Waals surface area contributed by atoms with E-state index in [1.807, 2.05) is 25.1 Å². The van der Waals surface area contributed by atoms with E-state index in [2.05, 4.69) is 20.6 Å². The number of aromatic nitrogens is 1. The summed E-state index contributed by atoms with van der Waals surface area (Å²) in [5.74, 6) is 1.97. The molecule has 1 unspecified atom stereocenters. The Balaban J connectivity index is 0.00000338. The fourth-order valence-electron chi connectivity index (χ4n) is 2.51. The van der Waals surface area contributed by atoms with E-state index >= 15 is 0 Å². The molecular weight excluding hydrogens is 447 g/mol. The first kappa shape index (κ1) is 22.9. The van der Waals surface area contributed by atoms with E-state index in [0.717, 1.165) is 64.0 Å². The van der Waals surface area contributed by atoms with Crippen molar-refractivity contribution in [2.75, 3.05) is 46.6 Å². The lowest BCUT2D eigenvalue weighted by atomic mass is 10.1. The van der Waals surface area contributed by atoms with Gasteiger partial charge in [-0.1, -0.05) is 6.07 Å². The number of guanidine groups is 1. The van der Waals surface area contributed by atoms with Gasteiger partial charge in [-0.05, 0) is 25.8 Å². The number of hydrogen-bond donors (Lipinski definition) is 2. The Morgan fingerprint density at radius 3 is 3.00 bits per heavy atom. The van der Waals surface area contributed by atoms with E-state index < -0.39 is 0 Å². The van der Waals surface area contributed by atoms with Crippen LogP contribution in [-0.2, 0) is 16.0 Å². The number of ether oxygens (including phenoxy) is 3. The predicted molar refractivity (Wildman–Crippen MR) is 113 cm³/mol. The topological polar surface area (TPSA) is 77.0 Å². The van der Waals surface area contributed by atoms with Crippen molar-refractivity contribution in [3.8, 4) is 5.88 Å². The SMILES string of the molecule is CCNC(=NCc1cccc(OC)n1)NCCCOCC1CCOC1.I. The van der Waals surface area contributed by atoms with Gasteiger partial charge >= 0.3 is 0 Å². The Morgan fingerprint density at radius 1 is 1.38 bits per heavy atom. The van der Waals surface area contributed by atoms with Crippen molar-refractivity contribution in [2.45, 2.75) is 26.3 Å². The van der Waals surface area contributed by atoms with Gasteiger partial charge in [-0.25, -0.2) is 9.98 Å². The minimum absolute atomic E-state index is 0. The normalized spacial score (nSPS) is 16.8. The average Bonchev–Trinajstić information content (AvgIpc) is 3.16. The van der Waals surface area contributed by atoms with Crippen molar-refractivity contribution < 1.29 is 14.2 Å². The van der Waals surface area contributed by atoms with Crippen LogP contribution in [0, 0.1) is 5.92 Å². The summed E-state index contributed by atoms with van der Waals surface area (Å²) in [5.41, 5.74) is 0.874. The molecule has 0 saturated carbocycles. The molecule has 7 nitrogen and oxygen atoms in total. The lowest BCUT2D eigenvalue weighted by Gasteiger charge is -2.12. The van der Waals surface area contributed by atoms with Crippen LogP contribution in [0.1, 0.15) is 25.5 Å². The number of rotatable bonds is 10. The number of halogens is 1. The fraction of sp³-hybridized carbons (Fsp3) is 0.667. The molecule has 0 bridgehead atoms. The molecule has 0 spiro atoms. The van der Waals surface area contributed by atoms with Crippen LogP contribution in [-0.4, -0.2) is 57.6 Å². The quantitative estimate of drug-likeness (QED) is 0.233. The van der Waals surface area contributed by atoms with Crippen LogP contribution in [0.4, 0.5) is 0 Å². The molecule has 1 fully saturated rings. The maximum atomic E-state index is 5.71. The largest absolute Gasteiger partial charge is 0.481 e. The minimum atomic E-state index is 0. The Morgan fingerprint density at radius 2 is 2.27 bits per heavy atom. The number of aliphatic imine (C=N–C) groups is 1. The second-order valence-electron chi connectivity index (χ2n) is 5.95. The number of nitrogens with one attached hydrogen (secondary N) is 2. The Kier molecular flexibility index (Phi) is 12.3. The number of methoxy groups -OCH3 is 1. The van der Waals surface area contributed by atoms with Crippen molar-refractivity contribution in [3.05, 3.63) is 23.9 Å². The Hall–Kier alpha value is -1.13. The lowest BCUT2D eigenvalue weighted by Crippen LogP contribution is -2.38. The molecule has 0 aromatic carbocycles. The number of hydrogen-bond acceptors (Lipinski definition) is 5. The van der Waals surface area contributed by atoms with Gasteiger partial charge in [-0.3, -0.25) is 0 Å². The molecule has 1 aliphatic heterocycles. The maximum absolute atomic E-state index is 5.71. The highest BCUT2D eigenvalue weighted by atomic mass is 127. The van der Waals surface area contributed by atoms with Crippen LogP contribution < -0.4 is 15.4 Å². The lowest BCUT2D eigenvalue weighted by molar-refractivity contribution is 0.0888. The van der Waals surface area contributed by atoms with Gasteiger partial charge in [-0.2, -0.15) is 0 Å². The summed E-state index contributed by atoms with van der Waals surface area (Å²) in [7, 11) is 1.61. The van der Waals surface area contributed by atoms with E-state index in [4.69, 9.17) is 14.2 Å². The van der Waals surface area contributed by atoms with Crippen LogP contribution in [0.25, 0.3) is 0 Å². The van der Waals surface area contributed by atoms with Gasteiger partial charge < -0.3 is 24.8 Å². The molecule has 8 heteroatoms. The van der Waals surface area contributed by atoms with Crippen molar-refractivity contribution in [1.82, 2.24) is 15.6 Å². The summed E-state index contributed by atoms with van der Waals surface area (Å²) >= 11 is 0. The van der Waals surface area contributed by atoms with Crippen molar-refractivity contribution in [1.29, 1.82) is 0 Å². The third-order valence-electron chi connectivity index (χ3n) is 3.87. The van der Waals surface area contributed by atoms with E-state index in [1.165, 1.54) is 0 Å². The minimum Gasteiger partial charge on any atom is -0.481 e. The van der Waals surface area contributed by atoms with Gasteiger partial charge in [0.25, 0.3) is 0 Å². The van der Waals surface area contributed by atoms with Gasteiger partial charge in [0.15, 0.2) is 5.96 Å². The van der Waals surface area contributed by atoms with E-state index in [1.54, 1.807) is 7.11 Å². The summed E-state index contributed by atoms with van der Waals surface area (Å²) in [5, 5.41) is 6.56. The molecule has 1 saturated heterocycles.